The van der Waals surface area contributed by atoms with Crippen LogP contribution in [0, 0.1) is 15.9 Å². The standard InChI is InChI=1S/C23H21FN4O4S2/c24-17-3-1-4-19-21(17)25-23(34-19)27(8-2-7-26-9-11-32-12-10-26)22(29)20-14-15-13-16(28(30)31)5-6-18(15)33-20/h1,3-6,13-14H,2,7-12H2. The minimum Gasteiger partial charge on any atom is -0.379 e. The maximum atomic E-state index is 14.3. The van der Waals surface area contributed by atoms with Crippen molar-refractivity contribution in [1.82, 2.24) is 9.88 Å². The maximum absolute atomic E-state index is 14.3. The number of morpholine rings is 1. The Hall–Kier alpha value is -2.99. The van der Waals surface area contributed by atoms with E-state index in [1.807, 2.05) is 0 Å². The first-order chi connectivity index (χ1) is 16.5. The van der Waals surface area contributed by atoms with Gasteiger partial charge in [0.25, 0.3) is 11.6 Å². The van der Waals surface area contributed by atoms with Crippen LogP contribution >= 0.6 is 22.7 Å². The second kappa shape index (κ2) is 9.71. The molecule has 0 atom stereocenters. The number of halogens is 1. The number of ether oxygens (including phenoxy) is 1. The van der Waals surface area contributed by atoms with Crippen LogP contribution in [0.15, 0.2) is 42.5 Å². The molecule has 3 heterocycles. The van der Waals surface area contributed by atoms with Gasteiger partial charge in [0, 0.05) is 48.4 Å². The van der Waals surface area contributed by atoms with Crippen LogP contribution in [0.1, 0.15) is 16.1 Å². The summed E-state index contributed by atoms with van der Waals surface area (Å²) in [6.07, 6.45) is 0.723. The van der Waals surface area contributed by atoms with Gasteiger partial charge < -0.3 is 4.74 Å². The van der Waals surface area contributed by atoms with Gasteiger partial charge in [0.15, 0.2) is 5.13 Å². The van der Waals surface area contributed by atoms with Gasteiger partial charge in [-0.05, 0) is 30.7 Å². The molecule has 8 nitrogen and oxygen atoms in total. The van der Waals surface area contributed by atoms with Gasteiger partial charge in [0.1, 0.15) is 11.3 Å². The summed E-state index contributed by atoms with van der Waals surface area (Å²) in [5.74, 6) is -0.666. The number of thiazole rings is 1. The summed E-state index contributed by atoms with van der Waals surface area (Å²) in [5, 5.41) is 12.2. The van der Waals surface area contributed by atoms with Crippen molar-refractivity contribution in [3.63, 3.8) is 0 Å². The van der Waals surface area contributed by atoms with Gasteiger partial charge in [-0.3, -0.25) is 24.7 Å². The van der Waals surface area contributed by atoms with Gasteiger partial charge in [-0.2, -0.15) is 0 Å². The third-order valence-corrected chi connectivity index (χ3v) is 7.86. The fourth-order valence-corrected chi connectivity index (χ4v) is 5.96. The highest BCUT2D eigenvalue weighted by Gasteiger charge is 2.24. The first-order valence-corrected chi connectivity index (χ1v) is 12.5. The zero-order valence-corrected chi connectivity index (χ0v) is 19.7. The summed E-state index contributed by atoms with van der Waals surface area (Å²) in [7, 11) is 0. The first-order valence-electron chi connectivity index (χ1n) is 10.8. The molecule has 1 aliphatic heterocycles. The summed E-state index contributed by atoms with van der Waals surface area (Å²) in [5.41, 5.74) is 0.230. The summed E-state index contributed by atoms with van der Waals surface area (Å²) >= 11 is 2.56. The van der Waals surface area contributed by atoms with E-state index >= 15 is 0 Å². The zero-order chi connectivity index (χ0) is 23.7. The molecule has 0 radical (unpaired) electrons. The van der Waals surface area contributed by atoms with Crippen molar-refractivity contribution in [2.45, 2.75) is 6.42 Å². The van der Waals surface area contributed by atoms with Gasteiger partial charge in [-0.15, -0.1) is 11.3 Å². The number of hydrogen-bond donors (Lipinski definition) is 0. The highest BCUT2D eigenvalue weighted by atomic mass is 32.1. The molecule has 1 aliphatic rings. The summed E-state index contributed by atoms with van der Waals surface area (Å²) in [6.45, 7) is 4.35. The number of rotatable bonds is 7. The Balaban J connectivity index is 1.44. The van der Waals surface area contributed by atoms with Crippen LogP contribution in [0.5, 0.6) is 0 Å². The van der Waals surface area contributed by atoms with E-state index in [4.69, 9.17) is 4.74 Å². The molecule has 2 aromatic carbocycles. The number of amides is 1. The second-order valence-electron chi connectivity index (χ2n) is 7.94. The predicted octanol–water partition coefficient (Wildman–Crippen LogP) is 4.93. The lowest BCUT2D eigenvalue weighted by atomic mass is 10.2. The molecule has 0 bridgehead atoms. The largest absolute Gasteiger partial charge is 0.379 e. The Kier molecular flexibility index (Phi) is 6.50. The molecule has 176 valence electrons. The molecule has 0 N–H and O–H groups in total. The average molecular weight is 501 g/mol. The van der Waals surface area contributed by atoms with Crippen LogP contribution in [-0.4, -0.2) is 60.1 Å². The molecule has 11 heteroatoms. The number of carbonyl (C=O) groups excluding carboxylic acids is 1. The van der Waals surface area contributed by atoms with Crippen molar-refractivity contribution in [2.24, 2.45) is 0 Å². The third kappa shape index (κ3) is 4.64. The predicted molar refractivity (Wildman–Crippen MR) is 132 cm³/mol. The van der Waals surface area contributed by atoms with Gasteiger partial charge in [-0.25, -0.2) is 9.37 Å². The Morgan fingerprint density at radius 3 is 2.76 bits per heavy atom. The van der Waals surface area contributed by atoms with Crippen molar-refractivity contribution in [1.29, 1.82) is 0 Å². The molecule has 4 aromatic rings. The molecule has 0 saturated carbocycles. The fraction of sp³-hybridized carbons (Fsp3) is 0.304. The average Bonchev–Trinajstić information content (AvgIpc) is 3.47. The van der Waals surface area contributed by atoms with E-state index in [-0.39, 0.29) is 17.1 Å². The second-order valence-corrected chi connectivity index (χ2v) is 10.0. The lowest BCUT2D eigenvalue weighted by Gasteiger charge is -2.27. The van der Waals surface area contributed by atoms with Gasteiger partial charge >= 0.3 is 0 Å². The number of anilines is 1. The van der Waals surface area contributed by atoms with Crippen molar-refractivity contribution in [3.8, 4) is 0 Å². The van der Waals surface area contributed by atoms with E-state index in [2.05, 4.69) is 9.88 Å². The van der Waals surface area contributed by atoms with Crippen LogP contribution in [0.2, 0.25) is 0 Å². The number of non-ortho nitro benzene ring substituents is 1. The number of nitrogens with zero attached hydrogens (tertiary/aromatic N) is 4. The van der Waals surface area contributed by atoms with E-state index in [0.29, 0.717) is 39.9 Å². The molecule has 34 heavy (non-hydrogen) atoms. The fourth-order valence-electron chi connectivity index (χ4n) is 3.96. The van der Waals surface area contributed by atoms with Crippen molar-refractivity contribution in [2.75, 3.05) is 44.3 Å². The summed E-state index contributed by atoms with van der Waals surface area (Å²) in [6, 6.07) is 11.0. The molecule has 0 spiro atoms. The SMILES string of the molecule is O=C(c1cc2cc([N+](=O)[O-])ccc2s1)N(CCCN1CCOCC1)c1nc2c(F)cccc2s1. The number of nitro benzene ring substituents is 1. The van der Waals surface area contributed by atoms with Crippen molar-refractivity contribution >= 4 is 59.7 Å². The Labute approximate surface area is 202 Å². The minimum absolute atomic E-state index is 0.0201. The molecular weight excluding hydrogens is 479 g/mol. The molecule has 1 fully saturated rings. The van der Waals surface area contributed by atoms with Crippen LogP contribution in [-0.2, 0) is 4.74 Å². The summed E-state index contributed by atoms with van der Waals surface area (Å²) in [4.78, 5) is 33.1. The van der Waals surface area contributed by atoms with E-state index in [9.17, 15) is 19.3 Å². The number of aromatic nitrogens is 1. The molecular formula is C23H21FN4O4S2. The lowest BCUT2D eigenvalue weighted by Crippen LogP contribution is -2.39. The highest BCUT2D eigenvalue weighted by molar-refractivity contribution is 7.23. The number of nitro groups is 1. The van der Waals surface area contributed by atoms with Crippen LogP contribution < -0.4 is 4.90 Å². The zero-order valence-electron chi connectivity index (χ0n) is 18.1. The third-order valence-electron chi connectivity index (χ3n) is 5.72. The smallest absolute Gasteiger partial charge is 0.270 e. The Morgan fingerprint density at radius 1 is 1.18 bits per heavy atom. The van der Waals surface area contributed by atoms with Gasteiger partial charge in [0.2, 0.25) is 0 Å². The molecule has 0 aliphatic carbocycles. The normalized spacial score (nSPS) is 14.6. The van der Waals surface area contributed by atoms with Crippen LogP contribution in [0.3, 0.4) is 0 Å². The van der Waals surface area contributed by atoms with E-state index < -0.39 is 10.7 Å². The molecule has 0 unspecified atom stereocenters. The number of fused-ring (bicyclic) bond motifs is 2. The minimum atomic E-state index is -0.452. The molecule has 2 aromatic heterocycles. The van der Waals surface area contributed by atoms with Crippen LogP contribution in [0.4, 0.5) is 15.2 Å². The van der Waals surface area contributed by atoms with Crippen molar-refractivity contribution in [3.05, 3.63) is 63.3 Å². The topological polar surface area (TPSA) is 88.8 Å². The Morgan fingerprint density at radius 2 is 2.00 bits per heavy atom. The Bertz CT molecular complexity index is 1370. The summed E-state index contributed by atoms with van der Waals surface area (Å²) < 4.78 is 21.2. The van der Waals surface area contributed by atoms with Gasteiger partial charge in [0.05, 0.1) is 27.7 Å². The molecule has 5 rings (SSSR count). The van der Waals surface area contributed by atoms with E-state index in [0.717, 1.165) is 30.8 Å². The van der Waals surface area contributed by atoms with Gasteiger partial charge in [-0.1, -0.05) is 17.4 Å². The number of benzene rings is 2. The number of carbonyl (C=O) groups is 1. The maximum Gasteiger partial charge on any atom is 0.270 e. The molecule has 1 amide bonds. The highest BCUT2D eigenvalue weighted by Crippen LogP contribution is 2.34. The van der Waals surface area contributed by atoms with E-state index in [1.54, 1.807) is 29.2 Å². The lowest BCUT2D eigenvalue weighted by molar-refractivity contribution is -0.384. The van der Waals surface area contributed by atoms with Crippen molar-refractivity contribution < 1.29 is 18.8 Å². The monoisotopic (exact) mass is 500 g/mol. The van der Waals surface area contributed by atoms with Crippen LogP contribution in [0.25, 0.3) is 20.3 Å². The number of hydrogen-bond acceptors (Lipinski definition) is 8. The number of thiophene rings is 1. The van der Waals surface area contributed by atoms with E-state index in [1.165, 1.54) is 40.9 Å². The number of para-hydroxylation sites is 1. The quantitative estimate of drug-likeness (QED) is 0.264. The molecule has 1 saturated heterocycles. The first kappa shape index (κ1) is 22.8.